The van der Waals surface area contributed by atoms with Crippen molar-refractivity contribution >= 4 is 35.2 Å². The average Bonchev–Trinajstić information content (AvgIpc) is 3.14. The summed E-state index contributed by atoms with van der Waals surface area (Å²) in [4.78, 5) is 22.4. The monoisotopic (exact) mass is 414 g/mol. The minimum Gasteiger partial charge on any atom is -0.507 e. The Morgan fingerprint density at radius 3 is 2.79 bits per heavy atom. The third kappa shape index (κ3) is 4.35. The number of phenolic OH excluding ortho intramolecular Hbond substituents is 1. The molecule has 0 bridgehead atoms. The van der Waals surface area contributed by atoms with Crippen LogP contribution in [0.1, 0.15) is 12.0 Å². The number of phenols is 1. The summed E-state index contributed by atoms with van der Waals surface area (Å²) in [6, 6.07) is 13.1. The number of fused-ring (bicyclic) bond motifs is 1. The van der Waals surface area contributed by atoms with E-state index in [2.05, 4.69) is 15.2 Å². The van der Waals surface area contributed by atoms with E-state index < -0.39 is 6.09 Å². The summed E-state index contributed by atoms with van der Waals surface area (Å²) in [6.45, 7) is 3.97. The van der Waals surface area contributed by atoms with Crippen LogP contribution in [-0.4, -0.2) is 45.9 Å². The number of aryl methyl sites for hydroxylation is 1. The maximum absolute atomic E-state index is 10.8. The van der Waals surface area contributed by atoms with Crippen molar-refractivity contribution in [1.29, 1.82) is 0 Å². The molecule has 2 heterocycles. The number of nitrogens with one attached hydrogen (secondary N) is 1. The first-order valence-electron chi connectivity index (χ1n) is 9.30. The number of nitrogens with zero attached hydrogens (tertiary/aromatic N) is 3. The van der Waals surface area contributed by atoms with Crippen molar-refractivity contribution in [1.82, 2.24) is 15.3 Å². The van der Waals surface area contributed by atoms with Crippen LogP contribution in [0.3, 0.4) is 0 Å². The SMILES string of the molecule is Cc1ccc2c(N3CC[C@@H](CNC(=O)O)C3)nc(-c3ccccc3O)nc2c1.Cl. The summed E-state index contributed by atoms with van der Waals surface area (Å²) in [6.07, 6.45) is -0.105. The number of halogens is 1. The number of anilines is 1. The smallest absolute Gasteiger partial charge is 0.404 e. The van der Waals surface area contributed by atoms with E-state index in [1.807, 2.05) is 31.2 Å². The first-order valence-corrected chi connectivity index (χ1v) is 9.30. The Morgan fingerprint density at radius 1 is 1.24 bits per heavy atom. The van der Waals surface area contributed by atoms with E-state index in [9.17, 15) is 9.90 Å². The van der Waals surface area contributed by atoms with E-state index in [-0.39, 0.29) is 24.1 Å². The Kier molecular flexibility index (Phi) is 6.08. The van der Waals surface area contributed by atoms with Crippen LogP contribution in [0.25, 0.3) is 22.3 Å². The molecule has 0 unspecified atom stereocenters. The number of hydrogen-bond acceptors (Lipinski definition) is 5. The molecule has 1 fully saturated rings. The van der Waals surface area contributed by atoms with E-state index in [4.69, 9.17) is 10.1 Å². The Hall–Kier alpha value is -3.06. The summed E-state index contributed by atoms with van der Waals surface area (Å²) >= 11 is 0. The third-order valence-electron chi connectivity index (χ3n) is 5.10. The number of carbonyl (C=O) groups is 1. The number of aromatic nitrogens is 2. The highest BCUT2D eigenvalue weighted by molar-refractivity contribution is 5.92. The van der Waals surface area contributed by atoms with Gasteiger partial charge in [-0.25, -0.2) is 14.8 Å². The quantitative estimate of drug-likeness (QED) is 0.600. The first-order chi connectivity index (χ1) is 13.5. The van der Waals surface area contributed by atoms with Crippen LogP contribution >= 0.6 is 12.4 Å². The highest BCUT2D eigenvalue weighted by Gasteiger charge is 2.26. The maximum atomic E-state index is 10.8. The fraction of sp³-hybridized carbons (Fsp3) is 0.286. The molecule has 152 valence electrons. The van der Waals surface area contributed by atoms with Crippen molar-refractivity contribution in [2.75, 3.05) is 24.5 Å². The van der Waals surface area contributed by atoms with Gasteiger partial charge in [0.25, 0.3) is 0 Å². The zero-order chi connectivity index (χ0) is 19.7. The summed E-state index contributed by atoms with van der Waals surface area (Å²) in [7, 11) is 0. The lowest BCUT2D eigenvalue weighted by atomic mass is 10.1. The van der Waals surface area contributed by atoms with Gasteiger partial charge in [-0.05, 0) is 49.1 Å². The normalized spacial score (nSPS) is 15.9. The lowest BCUT2D eigenvalue weighted by molar-refractivity contribution is 0.192. The van der Waals surface area contributed by atoms with Crippen LogP contribution in [0, 0.1) is 12.8 Å². The van der Waals surface area contributed by atoms with Gasteiger partial charge in [0.2, 0.25) is 0 Å². The molecule has 1 atom stereocenters. The van der Waals surface area contributed by atoms with Gasteiger partial charge in [-0.15, -0.1) is 12.4 Å². The predicted molar refractivity (Wildman–Crippen MR) is 115 cm³/mol. The molecule has 1 aliphatic heterocycles. The highest BCUT2D eigenvalue weighted by atomic mass is 35.5. The minimum absolute atomic E-state index is 0. The molecule has 0 aliphatic carbocycles. The molecule has 1 saturated heterocycles. The molecule has 1 amide bonds. The van der Waals surface area contributed by atoms with Crippen LogP contribution in [0.2, 0.25) is 0 Å². The van der Waals surface area contributed by atoms with Crippen LogP contribution in [0.15, 0.2) is 42.5 Å². The standard InChI is InChI=1S/C21H22N4O3.ClH/c1-13-6-7-15-17(10-13)23-19(16-4-2-3-5-18(16)26)24-20(15)25-9-8-14(12-25)11-22-21(27)28;/h2-7,10,14,22,26H,8-9,11-12H2,1H3,(H,27,28);1H/t14-;/m0./s1. The van der Waals surface area contributed by atoms with Crippen LogP contribution in [-0.2, 0) is 0 Å². The predicted octanol–water partition coefficient (Wildman–Crippen LogP) is 3.83. The average molecular weight is 415 g/mol. The lowest BCUT2D eigenvalue weighted by Crippen LogP contribution is -2.30. The third-order valence-corrected chi connectivity index (χ3v) is 5.10. The van der Waals surface area contributed by atoms with Crippen LogP contribution < -0.4 is 10.2 Å². The van der Waals surface area contributed by atoms with Gasteiger partial charge in [0.05, 0.1) is 11.1 Å². The van der Waals surface area contributed by atoms with Gasteiger partial charge < -0.3 is 20.4 Å². The summed E-state index contributed by atoms with van der Waals surface area (Å²) in [5, 5.41) is 22.5. The number of benzene rings is 2. The molecule has 4 rings (SSSR count). The van der Waals surface area contributed by atoms with Gasteiger partial charge >= 0.3 is 6.09 Å². The molecule has 3 aromatic rings. The molecule has 0 spiro atoms. The Balaban J connectivity index is 0.00000240. The zero-order valence-corrected chi connectivity index (χ0v) is 16.8. The van der Waals surface area contributed by atoms with E-state index in [1.54, 1.807) is 18.2 Å². The fourth-order valence-corrected chi connectivity index (χ4v) is 3.67. The fourth-order valence-electron chi connectivity index (χ4n) is 3.67. The Labute approximate surface area is 174 Å². The van der Waals surface area contributed by atoms with Crippen molar-refractivity contribution in [3.05, 3.63) is 48.0 Å². The highest BCUT2D eigenvalue weighted by Crippen LogP contribution is 2.33. The lowest BCUT2D eigenvalue weighted by Gasteiger charge is -2.20. The molecule has 1 aliphatic rings. The molecule has 3 N–H and O–H groups in total. The molecular weight excluding hydrogens is 392 g/mol. The van der Waals surface area contributed by atoms with E-state index in [0.717, 1.165) is 41.8 Å². The number of para-hydroxylation sites is 1. The molecule has 7 nitrogen and oxygen atoms in total. The summed E-state index contributed by atoms with van der Waals surface area (Å²) in [5.41, 5.74) is 2.52. The van der Waals surface area contributed by atoms with Crippen molar-refractivity contribution < 1.29 is 15.0 Å². The molecule has 0 saturated carbocycles. The molecule has 29 heavy (non-hydrogen) atoms. The first kappa shape index (κ1) is 20.7. The number of amides is 1. The van der Waals surface area contributed by atoms with Gasteiger partial charge in [0, 0.05) is 25.0 Å². The number of carboxylic acid groups (broad SMARTS) is 1. The van der Waals surface area contributed by atoms with Crippen molar-refractivity contribution in [3.8, 4) is 17.1 Å². The van der Waals surface area contributed by atoms with Crippen molar-refractivity contribution in [2.45, 2.75) is 13.3 Å². The van der Waals surface area contributed by atoms with Crippen molar-refractivity contribution in [2.24, 2.45) is 5.92 Å². The van der Waals surface area contributed by atoms with Crippen LogP contribution in [0.5, 0.6) is 5.75 Å². The van der Waals surface area contributed by atoms with Crippen molar-refractivity contribution in [3.63, 3.8) is 0 Å². The maximum Gasteiger partial charge on any atom is 0.404 e. The molecular formula is C21H23ClN4O3. The van der Waals surface area contributed by atoms with E-state index >= 15 is 0 Å². The summed E-state index contributed by atoms with van der Waals surface area (Å²) < 4.78 is 0. The molecule has 8 heteroatoms. The zero-order valence-electron chi connectivity index (χ0n) is 16.0. The number of rotatable bonds is 4. The van der Waals surface area contributed by atoms with E-state index in [0.29, 0.717) is 17.9 Å². The van der Waals surface area contributed by atoms with Gasteiger partial charge in [-0.3, -0.25) is 0 Å². The number of hydrogen-bond donors (Lipinski definition) is 3. The topological polar surface area (TPSA) is 98.6 Å². The molecule has 1 aromatic heterocycles. The largest absolute Gasteiger partial charge is 0.507 e. The second kappa shape index (κ2) is 8.53. The Morgan fingerprint density at radius 2 is 2.03 bits per heavy atom. The Bertz CT molecular complexity index is 1040. The van der Waals surface area contributed by atoms with Gasteiger partial charge in [0.15, 0.2) is 5.82 Å². The molecule has 0 radical (unpaired) electrons. The second-order valence-electron chi connectivity index (χ2n) is 7.20. The molecule has 2 aromatic carbocycles. The van der Waals surface area contributed by atoms with E-state index in [1.165, 1.54) is 0 Å². The second-order valence-corrected chi connectivity index (χ2v) is 7.20. The van der Waals surface area contributed by atoms with Crippen LogP contribution in [0.4, 0.5) is 10.6 Å². The van der Waals surface area contributed by atoms with Gasteiger partial charge in [-0.2, -0.15) is 0 Å². The number of aromatic hydroxyl groups is 1. The van der Waals surface area contributed by atoms with Gasteiger partial charge in [-0.1, -0.05) is 18.2 Å². The minimum atomic E-state index is -0.997. The van der Waals surface area contributed by atoms with Gasteiger partial charge in [0.1, 0.15) is 11.6 Å². The summed E-state index contributed by atoms with van der Waals surface area (Å²) in [5.74, 6) is 1.69.